The molecule has 3 aromatic rings. The third kappa shape index (κ3) is 3.48. The Bertz CT molecular complexity index is 962. The summed E-state index contributed by atoms with van der Waals surface area (Å²) in [4.78, 5) is 0.201. The predicted octanol–water partition coefficient (Wildman–Crippen LogP) is 3.16. The van der Waals surface area contributed by atoms with Gasteiger partial charge in [0.2, 0.25) is 10.0 Å². The first-order chi connectivity index (χ1) is 11.5. The molecule has 124 valence electrons. The average molecular weight is 341 g/mol. The SMILES string of the molecule is Cc1cccc(S(=O)(=O)NC[C@@H](O)c2cccc3ccccc23)c1. The quantitative estimate of drug-likeness (QED) is 0.749. The Morgan fingerprint density at radius 3 is 2.50 bits per heavy atom. The number of sulfonamides is 1. The number of aryl methyl sites for hydroxylation is 1. The molecule has 0 bridgehead atoms. The molecule has 0 amide bonds. The van der Waals surface area contributed by atoms with Gasteiger partial charge in [-0.2, -0.15) is 0 Å². The number of aliphatic hydroxyl groups is 1. The molecule has 4 nitrogen and oxygen atoms in total. The Kier molecular flexibility index (Phi) is 4.66. The lowest BCUT2D eigenvalue weighted by Gasteiger charge is -2.15. The van der Waals surface area contributed by atoms with Crippen LogP contribution in [0.15, 0.2) is 71.6 Å². The zero-order valence-corrected chi connectivity index (χ0v) is 14.1. The standard InChI is InChI=1S/C19H19NO3S/c1-14-6-4-9-16(12-14)24(22,23)20-13-19(21)18-11-5-8-15-7-2-3-10-17(15)18/h2-12,19-21H,13H2,1H3/t19-/m1/s1. The summed E-state index contributed by atoms with van der Waals surface area (Å²) in [6.07, 6.45) is -0.921. The Morgan fingerprint density at radius 2 is 1.71 bits per heavy atom. The van der Waals surface area contributed by atoms with Crippen LogP contribution in [0.4, 0.5) is 0 Å². The third-order valence-electron chi connectivity index (χ3n) is 3.95. The monoisotopic (exact) mass is 341 g/mol. The fourth-order valence-electron chi connectivity index (χ4n) is 2.71. The zero-order chi connectivity index (χ0) is 17.2. The van der Waals surface area contributed by atoms with E-state index in [4.69, 9.17) is 0 Å². The van der Waals surface area contributed by atoms with Crippen molar-refractivity contribution in [1.29, 1.82) is 0 Å². The molecule has 0 radical (unpaired) electrons. The lowest BCUT2D eigenvalue weighted by atomic mass is 10.0. The minimum atomic E-state index is -3.65. The fraction of sp³-hybridized carbons (Fsp3) is 0.158. The maximum Gasteiger partial charge on any atom is 0.240 e. The van der Waals surface area contributed by atoms with Crippen LogP contribution in [0, 0.1) is 6.92 Å². The fourth-order valence-corrected chi connectivity index (χ4v) is 3.85. The lowest BCUT2D eigenvalue weighted by Crippen LogP contribution is -2.28. The number of rotatable bonds is 5. The highest BCUT2D eigenvalue weighted by atomic mass is 32.2. The van der Waals surface area contributed by atoms with Gasteiger partial charge in [-0.3, -0.25) is 0 Å². The van der Waals surface area contributed by atoms with E-state index in [1.807, 2.05) is 55.5 Å². The van der Waals surface area contributed by atoms with Crippen molar-refractivity contribution >= 4 is 20.8 Å². The first-order valence-electron chi connectivity index (χ1n) is 7.69. The summed E-state index contributed by atoms with van der Waals surface area (Å²) < 4.78 is 27.2. The van der Waals surface area contributed by atoms with Gasteiger partial charge in [-0.05, 0) is 41.0 Å². The molecule has 0 aliphatic carbocycles. The van der Waals surface area contributed by atoms with Crippen LogP contribution < -0.4 is 4.72 Å². The van der Waals surface area contributed by atoms with Crippen molar-refractivity contribution in [1.82, 2.24) is 4.72 Å². The highest BCUT2D eigenvalue weighted by Gasteiger charge is 2.17. The van der Waals surface area contributed by atoms with Gasteiger partial charge in [0.15, 0.2) is 0 Å². The number of hydrogen-bond acceptors (Lipinski definition) is 3. The predicted molar refractivity (Wildman–Crippen MR) is 95.3 cm³/mol. The van der Waals surface area contributed by atoms with Gasteiger partial charge in [0.25, 0.3) is 0 Å². The Balaban J connectivity index is 1.81. The van der Waals surface area contributed by atoms with Crippen LogP contribution in [0.1, 0.15) is 17.2 Å². The molecule has 24 heavy (non-hydrogen) atoms. The molecule has 0 saturated carbocycles. The van der Waals surface area contributed by atoms with Crippen LogP contribution in [-0.2, 0) is 10.0 Å². The maximum atomic E-state index is 12.4. The summed E-state index contributed by atoms with van der Waals surface area (Å²) >= 11 is 0. The number of hydrogen-bond donors (Lipinski definition) is 2. The van der Waals surface area contributed by atoms with E-state index in [1.54, 1.807) is 18.2 Å². The van der Waals surface area contributed by atoms with E-state index >= 15 is 0 Å². The molecule has 1 atom stereocenters. The molecule has 5 heteroatoms. The van der Waals surface area contributed by atoms with E-state index < -0.39 is 16.1 Å². The van der Waals surface area contributed by atoms with Crippen molar-refractivity contribution in [2.45, 2.75) is 17.9 Å². The van der Waals surface area contributed by atoms with E-state index in [0.717, 1.165) is 16.3 Å². The molecule has 0 spiro atoms. The summed E-state index contributed by atoms with van der Waals surface area (Å²) in [6.45, 7) is 1.76. The van der Waals surface area contributed by atoms with Crippen molar-refractivity contribution in [2.24, 2.45) is 0 Å². The second kappa shape index (κ2) is 6.73. The van der Waals surface area contributed by atoms with Gasteiger partial charge in [-0.15, -0.1) is 0 Å². The van der Waals surface area contributed by atoms with Gasteiger partial charge in [0.1, 0.15) is 0 Å². The van der Waals surface area contributed by atoms with Gasteiger partial charge in [0.05, 0.1) is 11.0 Å². The first-order valence-corrected chi connectivity index (χ1v) is 9.18. The Labute approximate surface area is 141 Å². The number of fused-ring (bicyclic) bond motifs is 1. The van der Waals surface area contributed by atoms with Crippen molar-refractivity contribution in [2.75, 3.05) is 6.54 Å². The molecule has 0 saturated heterocycles. The van der Waals surface area contributed by atoms with Crippen LogP contribution in [0.5, 0.6) is 0 Å². The summed E-state index contributed by atoms with van der Waals surface area (Å²) in [7, 11) is -3.65. The van der Waals surface area contributed by atoms with Gasteiger partial charge < -0.3 is 5.11 Å². The Morgan fingerprint density at radius 1 is 1.00 bits per heavy atom. The van der Waals surface area contributed by atoms with Crippen LogP contribution >= 0.6 is 0 Å². The van der Waals surface area contributed by atoms with Crippen LogP contribution in [0.3, 0.4) is 0 Å². The average Bonchev–Trinajstić information content (AvgIpc) is 2.59. The summed E-state index contributed by atoms with van der Waals surface area (Å²) in [5.41, 5.74) is 1.58. The van der Waals surface area contributed by atoms with Crippen molar-refractivity contribution < 1.29 is 13.5 Å². The van der Waals surface area contributed by atoms with Crippen molar-refractivity contribution in [3.05, 3.63) is 77.9 Å². The number of aliphatic hydroxyl groups excluding tert-OH is 1. The second-order valence-electron chi connectivity index (χ2n) is 5.75. The molecule has 0 fully saturated rings. The van der Waals surface area contributed by atoms with Crippen LogP contribution in [-0.4, -0.2) is 20.1 Å². The molecule has 3 rings (SSSR count). The van der Waals surface area contributed by atoms with Crippen molar-refractivity contribution in [3.8, 4) is 0 Å². The van der Waals surface area contributed by atoms with Gasteiger partial charge >= 0.3 is 0 Å². The molecule has 0 heterocycles. The molecular weight excluding hydrogens is 322 g/mol. The second-order valence-corrected chi connectivity index (χ2v) is 7.52. The molecule has 0 aliphatic rings. The van der Waals surface area contributed by atoms with Crippen LogP contribution in [0.25, 0.3) is 10.8 Å². The third-order valence-corrected chi connectivity index (χ3v) is 5.37. The summed E-state index contributed by atoms with van der Waals surface area (Å²) in [5.74, 6) is 0. The minimum absolute atomic E-state index is 0.0791. The summed E-state index contributed by atoms with van der Waals surface area (Å²) in [6, 6.07) is 20.0. The highest BCUT2D eigenvalue weighted by Crippen LogP contribution is 2.24. The summed E-state index contributed by atoms with van der Waals surface area (Å²) in [5, 5.41) is 12.4. The minimum Gasteiger partial charge on any atom is -0.387 e. The number of benzene rings is 3. The topological polar surface area (TPSA) is 66.4 Å². The van der Waals surface area contributed by atoms with Gasteiger partial charge in [0, 0.05) is 6.54 Å². The lowest BCUT2D eigenvalue weighted by molar-refractivity contribution is 0.183. The Hall–Kier alpha value is -2.21. The molecule has 2 N–H and O–H groups in total. The molecule has 3 aromatic carbocycles. The van der Waals surface area contributed by atoms with Crippen molar-refractivity contribution in [3.63, 3.8) is 0 Å². The smallest absolute Gasteiger partial charge is 0.240 e. The molecule has 0 aliphatic heterocycles. The molecule has 0 aromatic heterocycles. The van der Waals surface area contributed by atoms with Crippen LogP contribution in [0.2, 0.25) is 0 Å². The maximum absolute atomic E-state index is 12.4. The van der Waals surface area contributed by atoms with E-state index in [-0.39, 0.29) is 11.4 Å². The van der Waals surface area contributed by atoms with E-state index in [9.17, 15) is 13.5 Å². The van der Waals surface area contributed by atoms with Gasteiger partial charge in [-0.1, -0.05) is 54.6 Å². The largest absolute Gasteiger partial charge is 0.387 e. The first kappa shape index (κ1) is 16.6. The number of nitrogens with one attached hydrogen (secondary N) is 1. The van der Waals surface area contributed by atoms with Gasteiger partial charge in [-0.25, -0.2) is 13.1 Å². The van der Waals surface area contributed by atoms with E-state index in [1.165, 1.54) is 0 Å². The van der Waals surface area contributed by atoms with E-state index in [2.05, 4.69) is 4.72 Å². The normalized spacial score (nSPS) is 13.1. The molecule has 0 unspecified atom stereocenters. The molecular formula is C19H19NO3S. The highest BCUT2D eigenvalue weighted by molar-refractivity contribution is 7.89. The zero-order valence-electron chi connectivity index (χ0n) is 13.3. The van der Waals surface area contributed by atoms with E-state index in [0.29, 0.717) is 5.56 Å².